The van der Waals surface area contributed by atoms with Crippen molar-refractivity contribution in [2.24, 2.45) is 5.92 Å². The minimum absolute atomic E-state index is 0.113. The van der Waals surface area contributed by atoms with Crippen LogP contribution in [0.5, 0.6) is 0 Å². The fourth-order valence-electron chi connectivity index (χ4n) is 2.45. The molecule has 0 aromatic heterocycles. The van der Waals surface area contributed by atoms with Crippen molar-refractivity contribution in [1.29, 1.82) is 0 Å². The van der Waals surface area contributed by atoms with Gasteiger partial charge in [0.1, 0.15) is 5.82 Å². The topological polar surface area (TPSA) is 21.3 Å². The summed E-state index contributed by atoms with van der Waals surface area (Å²) < 4.78 is 19.8. The first kappa shape index (κ1) is 16.6. The van der Waals surface area contributed by atoms with E-state index in [2.05, 4.69) is 42.0 Å². The average Bonchev–Trinajstić information content (AvgIpc) is 2.28. The highest BCUT2D eigenvalue weighted by atomic mass is 79.9. The number of hydrogen-bond acceptors (Lipinski definition) is 2. The zero-order chi connectivity index (χ0) is 14.4. The van der Waals surface area contributed by atoms with Gasteiger partial charge in [-0.2, -0.15) is 0 Å². The molecular weight excluding hydrogens is 309 g/mol. The minimum atomic E-state index is -0.210. The predicted octanol–water partition coefficient (Wildman–Crippen LogP) is 3.78. The van der Waals surface area contributed by atoms with Crippen molar-refractivity contribution < 1.29 is 9.13 Å². The summed E-state index contributed by atoms with van der Waals surface area (Å²) in [5.74, 6) is 0.198. The van der Waals surface area contributed by atoms with Crippen LogP contribution in [-0.4, -0.2) is 25.8 Å². The van der Waals surface area contributed by atoms with Gasteiger partial charge in [0.15, 0.2) is 0 Å². The zero-order valence-electron chi connectivity index (χ0n) is 12.0. The SMILES string of the molecule is CCNC(Cc1cc(F)cc(Br)c1)C(OC)C(C)C. The minimum Gasteiger partial charge on any atom is -0.380 e. The Kier molecular flexibility index (Phi) is 6.97. The lowest BCUT2D eigenvalue weighted by Gasteiger charge is -2.30. The molecule has 4 heteroatoms. The van der Waals surface area contributed by atoms with Gasteiger partial charge >= 0.3 is 0 Å². The first-order valence-electron chi connectivity index (χ1n) is 6.69. The number of halogens is 2. The quantitative estimate of drug-likeness (QED) is 0.820. The number of methoxy groups -OCH3 is 1. The molecule has 0 spiro atoms. The molecule has 0 saturated heterocycles. The molecule has 2 unspecified atom stereocenters. The van der Waals surface area contributed by atoms with Crippen molar-refractivity contribution in [3.05, 3.63) is 34.1 Å². The molecule has 2 nitrogen and oxygen atoms in total. The highest BCUT2D eigenvalue weighted by molar-refractivity contribution is 9.10. The van der Waals surface area contributed by atoms with Crippen LogP contribution in [0.2, 0.25) is 0 Å². The van der Waals surface area contributed by atoms with Crippen LogP contribution in [0.4, 0.5) is 4.39 Å². The number of benzene rings is 1. The summed E-state index contributed by atoms with van der Waals surface area (Å²) >= 11 is 3.33. The van der Waals surface area contributed by atoms with Gasteiger partial charge in [-0.05, 0) is 42.6 Å². The molecule has 1 aromatic carbocycles. The van der Waals surface area contributed by atoms with Crippen LogP contribution in [0, 0.1) is 11.7 Å². The van der Waals surface area contributed by atoms with Crippen LogP contribution in [0.3, 0.4) is 0 Å². The molecule has 0 aliphatic heterocycles. The van der Waals surface area contributed by atoms with Gasteiger partial charge in [0.2, 0.25) is 0 Å². The number of hydrogen-bond donors (Lipinski definition) is 1. The number of likely N-dealkylation sites (N-methyl/N-ethyl adjacent to an activating group) is 1. The van der Waals surface area contributed by atoms with E-state index in [1.807, 2.05) is 6.07 Å². The van der Waals surface area contributed by atoms with Gasteiger partial charge in [-0.15, -0.1) is 0 Å². The fraction of sp³-hybridized carbons (Fsp3) is 0.600. The summed E-state index contributed by atoms with van der Waals surface area (Å²) in [5, 5.41) is 3.44. The summed E-state index contributed by atoms with van der Waals surface area (Å²) in [4.78, 5) is 0. The summed E-state index contributed by atoms with van der Waals surface area (Å²) in [6.45, 7) is 7.22. The summed E-state index contributed by atoms with van der Waals surface area (Å²) in [6.07, 6.45) is 0.864. The third-order valence-electron chi connectivity index (χ3n) is 3.17. The van der Waals surface area contributed by atoms with Gasteiger partial charge in [-0.3, -0.25) is 0 Å². The van der Waals surface area contributed by atoms with Gasteiger partial charge in [0, 0.05) is 17.6 Å². The van der Waals surface area contributed by atoms with E-state index in [4.69, 9.17) is 4.74 Å². The van der Waals surface area contributed by atoms with Crippen LogP contribution < -0.4 is 5.32 Å². The average molecular weight is 332 g/mol. The Labute approximate surface area is 123 Å². The summed E-state index contributed by atoms with van der Waals surface area (Å²) in [6, 6.07) is 5.20. The predicted molar refractivity (Wildman–Crippen MR) is 80.9 cm³/mol. The lowest BCUT2D eigenvalue weighted by Crippen LogP contribution is -2.45. The monoisotopic (exact) mass is 331 g/mol. The smallest absolute Gasteiger partial charge is 0.124 e. The maximum Gasteiger partial charge on any atom is 0.124 e. The first-order chi connectivity index (χ1) is 8.97. The third kappa shape index (κ3) is 5.21. The number of nitrogens with one attached hydrogen (secondary N) is 1. The Bertz CT molecular complexity index is 377. The van der Waals surface area contributed by atoms with Gasteiger partial charge in [-0.25, -0.2) is 4.39 Å². The Hall–Kier alpha value is -0.450. The van der Waals surface area contributed by atoms with Crippen molar-refractivity contribution in [1.82, 2.24) is 5.32 Å². The van der Waals surface area contributed by atoms with E-state index >= 15 is 0 Å². The number of ether oxygens (including phenoxy) is 1. The molecule has 2 atom stereocenters. The van der Waals surface area contributed by atoms with E-state index in [0.717, 1.165) is 23.0 Å². The fourth-order valence-corrected chi connectivity index (χ4v) is 2.96. The maximum absolute atomic E-state index is 13.4. The molecule has 0 fully saturated rings. The molecule has 1 N–H and O–H groups in total. The molecule has 0 heterocycles. The number of rotatable bonds is 7. The Morgan fingerprint density at radius 1 is 1.32 bits per heavy atom. The highest BCUT2D eigenvalue weighted by Crippen LogP contribution is 2.19. The Morgan fingerprint density at radius 3 is 2.47 bits per heavy atom. The first-order valence-corrected chi connectivity index (χ1v) is 7.48. The van der Waals surface area contributed by atoms with E-state index in [1.54, 1.807) is 13.2 Å². The largest absolute Gasteiger partial charge is 0.380 e. The third-order valence-corrected chi connectivity index (χ3v) is 3.63. The second-order valence-electron chi connectivity index (χ2n) is 5.09. The van der Waals surface area contributed by atoms with Gasteiger partial charge < -0.3 is 10.1 Å². The van der Waals surface area contributed by atoms with Crippen LogP contribution in [0.15, 0.2) is 22.7 Å². The van der Waals surface area contributed by atoms with Gasteiger partial charge in [0.05, 0.1) is 6.10 Å². The van der Waals surface area contributed by atoms with Gasteiger partial charge in [-0.1, -0.05) is 36.7 Å². The molecular formula is C15H23BrFNO. The molecule has 0 radical (unpaired) electrons. The van der Waals surface area contributed by atoms with Crippen LogP contribution in [-0.2, 0) is 11.2 Å². The highest BCUT2D eigenvalue weighted by Gasteiger charge is 2.24. The van der Waals surface area contributed by atoms with Crippen molar-refractivity contribution in [3.63, 3.8) is 0 Å². The molecule has 0 saturated carbocycles. The molecule has 19 heavy (non-hydrogen) atoms. The molecule has 0 amide bonds. The van der Waals surface area contributed by atoms with E-state index < -0.39 is 0 Å². The second-order valence-corrected chi connectivity index (χ2v) is 6.01. The van der Waals surface area contributed by atoms with Crippen LogP contribution in [0.25, 0.3) is 0 Å². The van der Waals surface area contributed by atoms with E-state index in [9.17, 15) is 4.39 Å². The van der Waals surface area contributed by atoms with Crippen molar-refractivity contribution in [2.75, 3.05) is 13.7 Å². The summed E-state index contributed by atoms with van der Waals surface area (Å²) in [7, 11) is 1.73. The second kappa shape index (κ2) is 7.98. The van der Waals surface area contributed by atoms with Crippen molar-refractivity contribution in [3.8, 4) is 0 Å². The molecule has 0 aliphatic rings. The zero-order valence-corrected chi connectivity index (χ0v) is 13.6. The molecule has 1 aromatic rings. The van der Waals surface area contributed by atoms with Crippen LogP contribution >= 0.6 is 15.9 Å². The van der Waals surface area contributed by atoms with Gasteiger partial charge in [0.25, 0.3) is 0 Å². The maximum atomic E-state index is 13.4. The van der Waals surface area contributed by atoms with Crippen molar-refractivity contribution in [2.45, 2.75) is 39.3 Å². The van der Waals surface area contributed by atoms with Crippen molar-refractivity contribution >= 4 is 15.9 Å². The standard InChI is InChI=1S/C15H23BrFNO/c1-5-18-14(15(19-4)10(2)3)8-11-6-12(16)9-13(17)7-11/h6-7,9-10,14-15,18H,5,8H2,1-4H3. The molecule has 108 valence electrons. The Morgan fingerprint density at radius 2 is 2.00 bits per heavy atom. The molecule has 0 aliphatic carbocycles. The Balaban J connectivity index is 2.87. The molecule has 0 bridgehead atoms. The van der Waals surface area contributed by atoms with E-state index in [1.165, 1.54) is 6.07 Å². The summed E-state index contributed by atoms with van der Waals surface area (Å²) in [5.41, 5.74) is 0.973. The lowest BCUT2D eigenvalue weighted by atomic mass is 9.94. The van der Waals surface area contributed by atoms with E-state index in [0.29, 0.717) is 5.92 Å². The van der Waals surface area contributed by atoms with E-state index in [-0.39, 0.29) is 18.0 Å². The lowest BCUT2D eigenvalue weighted by molar-refractivity contribution is 0.0337. The normalized spacial score (nSPS) is 14.7. The van der Waals surface area contributed by atoms with Crippen LogP contribution in [0.1, 0.15) is 26.3 Å². The molecule has 1 rings (SSSR count).